The molecular weight excluding hydrogens is 260 g/mol. The monoisotopic (exact) mass is 272 g/mol. The van der Waals surface area contributed by atoms with Crippen molar-refractivity contribution in [1.82, 2.24) is 10.3 Å². The Hall–Kier alpha value is -0.940. The fraction of sp³-hybridized carbons (Fsp3) is 0.400. The number of rotatable bonds is 4. The summed E-state index contributed by atoms with van der Waals surface area (Å²) in [6, 6.07) is 3.84. The van der Waals surface area contributed by atoms with Crippen molar-refractivity contribution in [2.45, 2.75) is 13.0 Å². The third kappa shape index (κ3) is 3.97. The van der Waals surface area contributed by atoms with E-state index in [0.717, 1.165) is 10.2 Å². The van der Waals surface area contributed by atoms with Gasteiger partial charge >= 0.3 is 5.97 Å². The Labute approximate surface area is 97.2 Å². The van der Waals surface area contributed by atoms with Gasteiger partial charge in [0.1, 0.15) is 0 Å². The zero-order chi connectivity index (χ0) is 11.3. The number of pyridine rings is 1. The SMILES string of the molecule is COC(=O)CN[C@@H](C)c1ccc(Br)cn1. The van der Waals surface area contributed by atoms with E-state index >= 15 is 0 Å². The van der Waals surface area contributed by atoms with Crippen LogP contribution >= 0.6 is 15.9 Å². The molecule has 0 unspecified atom stereocenters. The molecule has 0 saturated carbocycles. The molecule has 0 bridgehead atoms. The number of nitrogens with zero attached hydrogens (tertiary/aromatic N) is 1. The molecule has 0 aliphatic carbocycles. The molecule has 1 heterocycles. The van der Waals surface area contributed by atoms with Crippen LogP contribution in [0.5, 0.6) is 0 Å². The summed E-state index contributed by atoms with van der Waals surface area (Å²) in [6.07, 6.45) is 1.73. The molecule has 0 amide bonds. The summed E-state index contributed by atoms with van der Waals surface area (Å²) in [4.78, 5) is 15.1. The van der Waals surface area contributed by atoms with E-state index < -0.39 is 0 Å². The second-order valence-electron chi connectivity index (χ2n) is 3.08. The van der Waals surface area contributed by atoms with Crippen LogP contribution in [0.1, 0.15) is 18.7 Å². The normalized spacial score (nSPS) is 12.2. The van der Waals surface area contributed by atoms with Gasteiger partial charge in [0.05, 0.1) is 19.3 Å². The number of carbonyl (C=O) groups is 1. The highest BCUT2D eigenvalue weighted by Gasteiger charge is 2.08. The maximum atomic E-state index is 10.9. The summed E-state index contributed by atoms with van der Waals surface area (Å²) in [5, 5.41) is 3.02. The Kier molecular flexibility index (Phi) is 4.71. The Bertz CT molecular complexity index is 327. The fourth-order valence-electron chi connectivity index (χ4n) is 1.06. The summed E-state index contributed by atoms with van der Waals surface area (Å²) in [6.45, 7) is 2.13. The lowest BCUT2D eigenvalue weighted by atomic mass is 10.2. The van der Waals surface area contributed by atoms with Crippen molar-refractivity contribution in [3.8, 4) is 0 Å². The van der Waals surface area contributed by atoms with Crippen molar-refractivity contribution >= 4 is 21.9 Å². The van der Waals surface area contributed by atoms with Gasteiger partial charge in [-0.05, 0) is 35.0 Å². The molecule has 82 valence electrons. The predicted octanol–water partition coefficient (Wildman–Crippen LogP) is 1.67. The van der Waals surface area contributed by atoms with Crippen LogP contribution < -0.4 is 5.32 Å². The lowest BCUT2D eigenvalue weighted by Gasteiger charge is -2.11. The van der Waals surface area contributed by atoms with E-state index in [1.807, 2.05) is 19.1 Å². The average molecular weight is 273 g/mol. The van der Waals surface area contributed by atoms with E-state index in [-0.39, 0.29) is 18.6 Å². The largest absolute Gasteiger partial charge is 0.468 e. The number of hydrogen-bond donors (Lipinski definition) is 1. The minimum Gasteiger partial charge on any atom is -0.468 e. The molecule has 5 heteroatoms. The molecule has 0 radical (unpaired) electrons. The second-order valence-corrected chi connectivity index (χ2v) is 4.00. The Morgan fingerprint density at radius 3 is 2.93 bits per heavy atom. The second kappa shape index (κ2) is 5.82. The number of halogens is 1. The lowest BCUT2D eigenvalue weighted by Crippen LogP contribution is -2.27. The van der Waals surface area contributed by atoms with Gasteiger partial charge in [-0.2, -0.15) is 0 Å². The van der Waals surface area contributed by atoms with E-state index in [1.54, 1.807) is 6.20 Å². The van der Waals surface area contributed by atoms with Gasteiger partial charge in [0.15, 0.2) is 0 Å². The Morgan fingerprint density at radius 2 is 2.40 bits per heavy atom. The van der Waals surface area contributed by atoms with E-state index in [0.29, 0.717) is 0 Å². The van der Waals surface area contributed by atoms with Crippen LogP contribution in [-0.4, -0.2) is 24.6 Å². The molecule has 4 nitrogen and oxygen atoms in total. The molecular formula is C10H13BrN2O2. The molecule has 0 saturated heterocycles. The Balaban J connectivity index is 2.50. The van der Waals surface area contributed by atoms with Gasteiger partial charge in [-0.25, -0.2) is 0 Å². The maximum absolute atomic E-state index is 10.9. The van der Waals surface area contributed by atoms with Crippen molar-refractivity contribution in [2.24, 2.45) is 0 Å². The summed E-state index contributed by atoms with van der Waals surface area (Å²) in [5.41, 5.74) is 0.891. The average Bonchev–Trinajstić information content (AvgIpc) is 2.26. The molecule has 0 aromatic carbocycles. The summed E-state index contributed by atoms with van der Waals surface area (Å²) >= 11 is 3.31. The number of aromatic nitrogens is 1. The molecule has 1 rings (SSSR count). The first-order valence-electron chi connectivity index (χ1n) is 4.55. The fourth-order valence-corrected chi connectivity index (χ4v) is 1.29. The van der Waals surface area contributed by atoms with Crippen LogP contribution in [0, 0.1) is 0 Å². The molecule has 0 fully saturated rings. The Morgan fingerprint density at radius 1 is 1.67 bits per heavy atom. The van der Waals surface area contributed by atoms with Gasteiger partial charge in [0.2, 0.25) is 0 Å². The maximum Gasteiger partial charge on any atom is 0.319 e. The van der Waals surface area contributed by atoms with E-state index in [9.17, 15) is 4.79 Å². The molecule has 0 aliphatic heterocycles. The van der Waals surface area contributed by atoms with E-state index in [1.165, 1.54) is 7.11 Å². The minimum atomic E-state index is -0.279. The van der Waals surface area contributed by atoms with Gasteiger partial charge < -0.3 is 4.74 Å². The number of esters is 1. The number of ether oxygens (including phenoxy) is 1. The number of nitrogens with one attached hydrogen (secondary N) is 1. The van der Waals surface area contributed by atoms with Crippen molar-refractivity contribution in [3.63, 3.8) is 0 Å². The van der Waals surface area contributed by atoms with E-state index in [2.05, 4.69) is 31.0 Å². The van der Waals surface area contributed by atoms with Crippen LogP contribution in [0.2, 0.25) is 0 Å². The number of hydrogen-bond acceptors (Lipinski definition) is 4. The summed E-state index contributed by atoms with van der Waals surface area (Å²) in [7, 11) is 1.37. The van der Waals surface area contributed by atoms with Crippen LogP contribution in [0.25, 0.3) is 0 Å². The highest BCUT2D eigenvalue weighted by Crippen LogP contribution is 2.12. The van der Waals surface area contributed by atoms with Crippen LogP contribution in [0.15, 0.2) is 22.8 Å². The van der Waals surface area contributed by atoms with Gasteiger partial charge in [-0.3, -0.25) is 15.1 Å². The zero-order valence-corrected chi connectivity index (χ0v) is 10.2. The first-order chi connectivity index (χ1) is 7.13. The van der Waals surface area contributed by atoms with Crippen molar-refractivity contribution < 1.29 is 9.53 Å². The number of methoxy groups -OCH3 is 1. The molecule has 1 aromatic heterocycles. The third-order valence-corrected chi connectivity index (χ3v) is 2.44. The van der Waals surface area contributed by atoms with E-state index in [4.69, 9.17) is 0 Å². The van der Waals surface area contributed by atoms with Gasteiger partial charge in [0, 0.05) is 16.7 Å². The molecule has 15 heavy (non-hydrogen) atoms. The molecule has 1 atom stereocenters. The first kappa shape index (κ1) is 12.1. The quantitative estimate of drug-likeness (QED) is 0.848. The number of carbonyl (C=O) groups excluding carboxylic acids is 1. The predicted molar refractivity (Wildman–Crippen MR) is 60.4 cm³/mol. The van der Waals surface area contributed by atoms with Crippen molar-refractivity contribution in [3.05, 3.63) is 28.5 Å². The van der Waals surface area contributed by atoms with Crippen molar-refractivity contribution in [2.75, 3.05) is 13.7 Å². The molecule has 1 aromatic rings. The summed E-state index contributed by atoms with van der Waals surface area (Å²) < 4.78 is 5.46. The molecule has 0 aliphatic rings. The third-order valence-electron chi connectivity index (χ3n) is 1.97. The van der Waals surface area contributed by atoms with Crippen LogP contribution in [-0.2, 0) is 9.53 Å². The highest BCUT2D eigenvalue weighted by molar-refractivity contribution is 9.10. The van der Waals surface area contributed by atoms with Gasteiger partial charge in [-0.15, -0.1) is 0 Å². The standard InChI is InChI=1S/C10H13BrN2O2/c1-7(12-6-10(14)15-2)9-4-3-8(11)5-13-9/h3-5,7,12H,6H2,1-2H3/t7-/m0/s1. The van der Waals surface area contributed by atoms with Crippen LogP contribution in [0.3, 0.4) is 0 Å². The van der Waals surface area contributed by atoms with Gasteiger partial charge in [0.25, 0.3) is 0 Å². The zero-order valence-electron chi connectivity index (χ0n) is 8.66. The molecule has 1 N–H and O–H groups in total. The summed E-state index contributed by atoms with van der Waals surface area (Å²) in [5.74, 6) is -0.279. The first-order valence-corrected chi connectivity index (χ1v) is 5.34. The molecule has 0 spiro atoms. The van der Waals surface area contributed by atoms with Crippen molar-refractivity contribution in [1.29, 1.82) is 0 Å². The highest BCUT2D eigenvalue weighted by atomic mass is 79.9. The van der Waals surface area contributed by atoms with Crippen LogP contribution in [0.4, 0.5) is 0 Å². The topological polar surface area (TPSA) is 51.2 Å². The minimum absolute atomic E-state index is 0.0252. The van der Waals surface area contributed by atoms with Gasteiger partial charge in [-0.1, -0.05) is 0 Å². The lowest BCUT2D eigenvalue weighted by molar-refractivity contribution is -0.139. The smallest absolute Gasteiger partial charge is 0.319 e.